The molecule has 2 aromatic rings. The monoisotopic (exact) mass is 451 g/mol. The summed E-state index contributed by atoms with van der Waals surface area (Å²) in [7, 11) is 2.05. The van der Waals surface area contributed by atoms with E-state index in [1.807, 2.05) is 0 Å². The zero-order valence-corrected chi connectivity index (χ0v) is 18.7. The maximum Gasteiger partial charge on any atom is 0.247 e. The molecule has 0 aliphatic carbocycles. The highest BCUT2D eigenvalue weighted by atomic mass is 32.2. The van der Waals surface area contributed by atoms with Crippen LogP contribution in [0.4, 0.5) is 5.69 Å². The molecule has 0 aliphatic heterocycles. The van der Waals surface area contributed by atoms with Gasteiger partial charge in [-0.05, 0) is 23.8 Å². The summed E-state index contributed by atoms with van der Waals surface area (Å²) >= 11 is 0. The molecule has 0 aliphatic rings. The summed E-state index contributed by atoms with van der Waals surface area (Å²) in [6.45, 7) is 1.17. The van der Waals surface area contributed by atoms with Crippen molar-refractivity contribution in [3.8, 4) is 23.0 Å². The first kappa shape index (κ1) is 24.0. The van der Waals surface area contributed by atoms with Gasteiger partial charge in [-0.2, -0.15) is 5.06 Å². The van der Waals surface area contributed by atoms with Gasteiger partial charge in [0.2, 0.25) is 5.91 Å². The van der Waals surface area contributed by atoms with Crippen molar-refractivity contribution in [2.24, 2.45) is 0 Å². The molecule has 0 bridgehead atoms. The molecule has 2 aromatic carbocycles. The lowest BCUT2D eigenvalue weighted by atomic mass is 10.1. The van der Waals surface area contributed by atoms with Gasteiger partial charge < -0.3 is 18.9 Å². The van der Waals surface area contributed by atoms with Crippen molar-refractivity contribution in [2.75, 3.05) is 33.5 Å². The zero-order valence-electron chi connectivity index (χ0n) is 17.9. The number of sulfone groups is 1. The van der Waals surface area contributed by atoms with E-state index in [0.717, 1.165) is 5.41 Å². The number of ether oxygens (including phenoxy) is 4. The molecule has 9 nitrogen and oxygen atoms in total. The average molecular weight is 451 g/mol. The van der Waals surface area contributed by atoms with Crippen molar-refractivity contribution in [2.45, 2.75) is 12.7 Å². The largest absolute Gasteiger partial charge is 0.496 e. The molecule has 1 amide bonds. The predicted octanol–water partition coefficient (Wildman–Crippen LogP) is 3.05. The van der Waals surface area contributed by atoms with Crippen molar-refractivity contribution in [1.29, 1.82) is 0 Å². The molecule has 0 heterocycles. The van der Waals surface area contributed by atoms with Crippen LogP contribution in [0, 0.1) is 0 Å². The minimum atomic E-state index is -3.73. The van der Waals surface area contributed by atoms with E-state index in [-0.39, 0.29) is 17.2 Å². The Morgan fingerprint density at radius 3 is 2.03 bits per heavy atom. The molecule has 0 spiro atoms. The molecule has 0 unspecified atom stereocenters. The highest BCUT2D eigenvalue weighted by molar-refractivity contribution is 7.93. The van der Waals surface area contributed by atoms with E-state index in [0.29, 0.717) is 33.4 Å². The maximum absolute atomic E-state index is 12.7. The normalized spacial score (nSPS) is 11.3. The van der Waals surface area contributed by atoms with Crippen LogP contribution >= 0.6 is 0 Å². The first-order valence-electron chi connectivity index (χ1n) is 9.03. The van der Waals surface area contributed by atoms with Gasteiger partial charge in [-0.25, -0.2) is 8.42 Å². The smallest absolute Gasteiger partial charge is 0.247 e. The fourth-order valence-electron chi connectivity index (χ4n) is 2.81. The van der Waals surface area contributed by atoms with Gasteiger partial charge in [0.05, 0.1) is 39.8 Å². The first-order chi connectivity index (χ1) is 14.6. The zero-order chi connectivity index (χ0) is 23.2. The summed E-state index contributed by atoms with van der Waals surface area (Å²) in [5.41, 5.74) is 0.836. The van der Waals surface area contributed by atoms with Gasteiger partial charge in [-0.15, -0.1) is 0 Å². The average Bonchev–Trinajstić information content (AvgIpc) is 2.75. The summed E-state index contributed by atoms with van der Waals surface area (Å²) in [4.78, 5) is 11.5. The van der Waals surface area contributed by atoms with Gasteiger partial charge in [0.1, 0.15) is 28.7 Å². The van der Waals surface area contributed by atoms with E-state index in [1.54, 1.807) is 12.1 Å². The molecule has 0 radical (unpaired) electrons. The third-order valence-corrected chi connectivity index (χ3v) is 5.62. The summed E-state index contributed by atoms with van der Waals surface area (Å²) in [6.07, 6.45) is 1.38. The van der Waals surface area contributed by atoms with Crippen molar-refractivity contribution in [3.63, 3.8) is 0 Å². The summed E-state index contributed by atoms with van der Waals surface area (Å²) < 4.78 is 46.3. The minimum absolute atomic E-state index is 0.0465. The number of rotatable bonds is 9. The molecule has 10 heteroatoms. The molecular weight excluding hydrogens is 426 g/mol. The second-order valence-corrected chi connectivity index (χ2v) is 8.28. The van der Waals surface area contributed by atoms with Gasteiger partial charge in [0.25, 0.3) is 0 Å². The van der Waals surface area contributed by atoms with E-state index in [4.69, 9.17) is 18.9 Å². The lowest BCUT2D eigenvalue weighted by molar-refractivity contribution is -0.121. The lowest BCUT2D eigenvalue weighted by Crippen LogP contribution is -2.24. The fourth-order valence-corrected chi connectivity index (χ4v) is 3.89. The van der Waals surface area contributed by atoms with E-state index in [2.05, 4.69) is 0 Å². The van der Waals surface area contributed by atoms with Crippen LogP contribution in [-0.4, -0.2) is 48.0 Å². The van der Waals surface area contributed by atoms with Crippen molar-refractivity contribution in [1.82, 2.24) is 0 Å². The molecular formula is C21H25NO8S. The number of hydroxylamine groups is 1. The van der Waals surface area contributed by atoms with Crippen LogP contribution in [0.5, 0.6) is 23.0 Å². The van der Waals surface area contributed by atoms with Gasteiger partial charge in [-0.1, -0.05) is 6.07 Å². The Kier molecular flexibility index (Phi) is 7.89. The lowest BCUT2D eigenvalue weighted by Gasteiger charge is -2.17. The quantitative estimate of drug-likeness (QED) is 0.457. The summed E-state index contributed by atoms with van der Waals surface area (Å²) in [6, 6.07) is 7.62. The third-order valence-electron chi connectivity index (χ3n) is 4.33. The topological polar surface area (TPSA) is 112 Å². The van der Waals surface area contributed by atoms with Gasteiger partial charge >= 0.3 is 0 Å². The summed E-state index contributed by atoms with van der Waals surface area (Å²) in [5.74, 6) is 0.476. The van der Waals surface area contributed by atoms with Crippen LogP contribution in [-0.2, 0) is 20.4 Å². The number of methoxy groups -OCH3 is 4. The predicted molar refractivity (Wildman–Crippen MR) is 116 cm³/mol. The van der Waals surface area contributed by atoms with Gasteiger partial charge in [0.15, 0.2) is 9.84 Å². The molecule has 168 valence electrons. The molecule has 0 atom stereocenters. The van der Waals surface area contributed by atoms with Crippen molar-refractivity contribution >= 4 is 27.5 Å². The van der Waals surface area contributed by atoms with Crippen LogP contribution in [0.3, 0.4) is 0 Å². The molecule has 0 fully saturated rings. The van der Waals surface area contributed by atoms with Crippen LogP contribution in [0.25, 0.3) is 6.08 Å². The highest BCUT2D eigenvalue weighted by Gasteiger charge is 2.18. The van der Waals surface area contributed by atoms with Crippen molar-refractivity contribution < 1.29 is 37.4 Å². The van der Waals surface area contributed by atoms with Gasteiger partial charge in [0, 0.05) is 24.5 Å². The first-order valence-corrected chi connectivity index (χ1v) is 10.7. The minimum Gasteiger partial charge on any atom is -0.496 e. The fraction of sp³-hybridized carbons (Fsp3) is 0.286. The number of nitrogens with zero attached hydrogens (tertiary/aromatic N) is 1. The Balaban J connectivity index is 2.37. The van der Waals surface area contributed by atoms with E-state index >= 15 is 0 Å². The van der Waals surface area contributed by atoms with Crippen LogP contribution in [0.15, 0.2) is 35.7 Å². The van der Waals surface area contributed by atoms with Crippen LogP contribution < -0.4 is 24.0 Å². The molecule has 31 heavy (non-hydrogen) atoms. The van der Waals surface area contributed by atoms with Crippen LogP contribution in [0.1, 0.15) is 18.1 Å². The van der Waals surface area contributed by atoms with Crippen molar-refractivity contribution in [3.05, 3.63) is 46.9 Å². The Hall–Kier alpha value is -3.24. The second kappa shape index (κ2) is 10.2. The SMILES string of the molecule is COc1cc(OC)c(C=CS(=O)(=O)Cc2ccc(OC)c(N(O)C(C)=O)c2)c(OC)c1. The second-order valence-electron chi connectivity index (χ2n) is 6.39. The Bertz CT molecular complexity index is 1050. The number of anilines is 1. The van der Waals surface area contributed by atoms with E-state index < -0.39 is 15.7 Å². The van der Waals surface area contributed by atoms with E-state index in [9.17, 15) is 18.4 Å². The number of carbonyl (C=O) groups is 1. The van der Waals surface area contributed by atoms with Crippen LogP contribution in [0.2, 0.25) is 0 Å². The van der Waals surface area contributed by atoms with E-state index in [1.165, 1.54) is 59.6 Å². The number of hydrogen-bond acceptors (Lipinski definition) is 8. The highest BCUT2D eigenvalue weighted by Crippen LogP contribution is 2.35. The molecule has 2 rings (SSSR count). The molecule has 0 aromatic heterocycles. The third kappa shape index (κ3) is 5.89. The number of carbonyl (C=O) groups excluding carboxylic acids is 1. The molecule has 0 saturated carbocycles. The maximum atomic E-state index is 12.7. The summed E-state index contributed by atoms with van der Waals surface area (Å²) in [5, 5.41) is 11.4. The Labute approximate surface area is 181 Å². The number of benzene rings is 2. The number of amides is 1. The molecule has 0 saturated heterocycles. The standard InChI is InChI=1S/C21H25NO8S/c1-14(23)22(24)18-10-15(6-7-19(18)28-3)13-31(25,26)9-8-17-20(29-4)11-16(27-2)12-21(17)30-5/h6-12,24H,13H2,1-5H3. The molecule has 1 N–H and O–H groups in total. The Morgan fingerprint density at radius 2 is 1.55 bits per heavy atom. The van der Waals surface area contributed by atoms with Gasteiger partial charge in [-0.3, -0.25) is 10.0 Å². The number of hydrogen-bond donors (Lipinski definition) is 1. The Morgan fingerprint density at radius 1 is 0.968 bits per heavy atom.